The quantitative estimate of drug-likeness (QED) is 0.184. The summed E-state index contributed by atoms with van der Waals surface area (Å²) in [6, 6.07) is 0. The molecule has 0 rings (SSSR count). The summed E-state index contributed by atoms with van der Waals surface area (Å²) >= 11 is 0. The van der Waals surface area contributed by atoms with Crippen molar-refractivity contribution in [2.24, 2.45) is 0 Å². The third-order valence-electron chi connectivity index (χ3n) is 5.01. The first-order valence-corrected chi connectivity index (χ1v) is 11.5. The van der Waals surface area contributed by atoms with Gasteiger partial charge in [-0.05, 0) is 12.8 Å². The predicted molar refractivity (Wildman–Crippen MR) is 114 cm³/mol. The number of hydrogen-bond donors (Lipinski definition) is 1. The van der Waals surface area contributed by atoms with Gasteiger partial charge >= 0.3 is 11.9 Å². The number of carbonyl (C=O) groups is 3. The molecule has 1 atom stereocenters. The Labute approximate surface area is 176 Å². The van der Waals surface area contributed by atoms with Crippen LogP contribution in [0, 0.1) is 0 Å². The fourth-order valence-corrected chi connectivity index (χ4v) is 3.07. The maximum Gasteiger partial charge on any atom is 0.346 e. The Hall–Kier alpha value is -1.43. The van der Waals surface area contributed by atoms with Crippen LogP contribution in [0.4, 0.5) is 0 Å². The molecule has 0 bridgehead atoms. The van der Waals surface area contributed by atoms with Crippen molar-refractivity contribution in [3.05, 3.63) is 0 Å². The molecule has 0 fully saturated rings. The van der Waals surface area contributed by atoms with Crippen LogP contribution in [0.5, 0.6) is 0 Å². The lowest BCUT2D eigenvalue weighted by molar-refractivity contribution is -0.176. The van der Waals surface area contributed by atoms with Crippen LogP contribution in [-0.4, -0.2) is 41.6 Å². The van der Waals surface area contributed by atoms with Crippen molar-refractivity contribution in [1.29, 1.82) is 0 Å². The van der Waals surface area contributed by atoms with Crippen LogP contribution in [0.1, 0.15) is 111 Å². The molecule has 0 aliphatic carbocycles. The minimum Gasteiger partial charge on any atom is -0.466 e. The molecule has 170 valence electrons. The first-order valence-electron chi connectivity index (χ1n) is 11.5. The van der Waals surface area contributed by atoms with E-state index in [0.29, 0.717) is 6.42 Å². The van der Waals surface area contributed by atoms with Crippen molar-refractivity contribution in [2.75, 3.05) is 13.2 Å². The summed E-state index contributed by atoms with van der Waals surface area (Å²) in [5.41, 5.74) is -2.45. The minimum atomic E-state index is -2.45. The van der Waals surface area contributed by atoms with Gasteiger partial charge in [-0.1, -0.05) is 85.0 Å². The third-order valence-corrected chi connectivity index (χ3v) is 5.01. The summed E-state index contributed by atoms with van der Waals surface area (Å²) < 4.78 is 10.2. The standard InChI is InChI=1S/C23H42O6/c1-4-7-9-11-13-15-17-28-21(25)19-23(27,20(24)6-3)22(26)29-18-16-14-12-10-8-5-2/h27H,4-19H2,1-3H3. The molecule has 0 radical (unpaired) electrons. The second-order valence-corrected chi connectivity index (χ2v) is 7.71. The van der Waals surface area contributed by atoms with Crippen LogP contribution in [0.25, 0.3) is 0 Å². The molecule has 1 unspecified atom stereocenters. The van der Waals surface area contributed by atoms with Crippen molar-refractivity contribution in [3.8, 4) is 0 Å². The highest BCUT2D eigenvalue weighted by Gasteiger charge is 2.46. The van der Waals surface area contributed by atoms with Gasteiger partial charge in [0.05, 0.1) is 19.6 Å². The number of aliphatic hydroxyl groups is 1. The van der Waals surface area contributed by atoms with E-state index in [1.807, 2.05) is 0 Å². The number of esters is 2. The summed E-state index contributed by atoms with van der Waals surface area (Å²) in [5, 5.41) is 10.6. The molecule has 0 aliphatic heterocycles. The molecule has 1 N–H and O–H groups in total. The van der Waals surface area contributed by atoms with Crippen molar-refractivity contribution < 1.29 is 29.0 Å². The van der Waals surface area contributed by atoms with Gasteiger partial charge in [0.25, 0.3) is 0 Å². The summed E-state index contributed by atoms with van der Waals surface area (Å²) in [6.07, 6.45) is 11.7. The monoisotopic (exact) mass is 414 g/mol. The van der Waals surface area contributed by atoms with E-state index >= 15 is 0 Å². The van der Waals surface area contributed by atoms with Crippen molar-refractivity contribution >= 4 is 17.7 Å². The van der Waals surface area contributed by atoms with Crippen LogP contribution >= 0.6 is 0 Å². The van der Waals surface area contributed by atoms with Gasteiger partial charge < -0.3 is 14.6 Å². The van der Waals surface area contributed by atoms with E-state index in [4.69, 9.17) is 9.47 Å². The number of carbonyl (C=O) groups excluding carboxylic acids is 3. The first kappa shape index (κ1) is 27.6. The first-order chi connectivity index (χ1) is 13.9. The molecule has 0 amide bonds. The zero-order valence-corrected chi connectivity index (χ0v) is 18.8. The smallest absolute Gasteiger partial charge is 0.346 e. The van der Waals surface area contributed by atoms with Crippen LogP contribution in [0.15, 0.2) is 0 Å². The lowest BCUT2D eigenvalue weighted by atomic mass is 9.92. The summed E-state index contributed by atoms with van der Waals surface area (Å²) in [7, 11) is 0. The zero-order chi connectivity index (χ0) is 22.0. The molecule has 0 aromatic carbocycles. The normalized spacial score (nSPS) is 13.0. The van der Waals surface area contributed by atoms with Crippen molar-refractivity contribution in [3.63, 3.8) is 0 Å². The van der Waals surface area contributed by atoms with E-state index in [2.05, 4.69) is 13.8 Å². The summed E-state index contributed by atoms with van der Waals surface area (Å²) in [4.78, 5) is 36.5. The Balaban J connectivity index is 4.33. The maximum absolute atomic E-state index is 12.3. The van der Waals surface area contributed by atoms with E-state index in [1.165, 1.54) is 32.6 Å². The van der Waals surface area contributed by atoms with E-state index in [1.54, 1.807) is 0 Å². The predicted octanol–water partition coefficient (Wildman–Crippen LogP) is 4.89. The minimum absolute atomic E-state index is 0.0622. The van der Waals surface area contributed by atoms with E-state index in [-0.39, 0.29) is 19.6 Å². The summed E-state index contributed by atoms with van der Waals surface area (Å²) in [6.45, 7) is 6.20. The van der Waals surface area contributed by atoms with E-state index in [0.717, 1.165) is 44.9 Å². The Morgan fingerprint density at radius 2 is 1.14 bits per heavy atom. The molecule has 0 aromatic rings. The number of hydrogen-bond acceptors (Lipinski definition) is 6. The Morgan fingerprint density at radius 3 is 1.62 bits per heavy atom. The number of ketones is 1. The maximum atomic E-state index is 12.3. The van der Waals surface area contributed by atoms with E-state index in [9.17, 15) is 19.5 Å². The zero-order valence-electron chi connectivity index (χ0n) is 18.8. The van der Waals surface area contributed by atoms with Gasteiger partial charge in [-0.2, -0.15) is 0 Å². The molecule has 0 spiro atoms. The molecule has 0 saturated carbocycles. The van der Waals surface area contributed by atoms with E-state index < -0.39 is 29.7 Å². The number of rotatable bonds is 19. The van der Waals surface area contributed by atoms with Gasteiger partial charge in [0.1, 0.15) is 0 Å². The highest BCUT2D eigenvalue weighted by atomic mass is 16.6. The Morgan fingerprint density at radius 1 is 0.690 bits per heavy atom. The van der Waals surface area contributed by atoms with Crippen molar-refractivity contribution in [1.82, 2.24) is 0 Å². The third kappa shape index (κ3) is 12.7. The lowest BCUT2D eigenvalue weighted by Crippen LogP contribution is -2.49. The topological polar surface area (TPSA) is 89.9 Å². The average molecular weight is 415 g/mol. The molecular weight excluding hydrogens is 372 g/mol. The molecule has 6 nitrogen and oxygen atoms in total. The Bertz CT molecular complexity index is 462. The van der Waals surface area contributed by atoms with Crippen molar-refractivity contribution in [2.45, 2.75) is 116 Å². The molecule has 6 heteroatoms. The highest BCUT2D eigenvalue weighted by Crippen LogP contribution is 2.18. The number of ether oxygens (including phenoxy) is 2. The van der Waals surface area contributed by atoms with Gasteiger partial charge in [0.15, 0.2) is 5.78 Å². The van der Waals surface area contributed by atoms with Gasteiger partial charge in [0.2, 0.25) is 5.60 Å². The van der Waals surface area contributed by atoms with Gasteiger partial charge in [-0.25, -0.2) is 4.79 Å². The van der Waals surface area contributed by atoms with Gasteiger partial charge in [-0.15, -0.1) is 0 Å². The lowest BCUT2D eigenvalue weighted by Gasteiger charge is -2.23. The fraction of sp³-hybridized carbons (Fsp3) is 0.870. The molecule has 0 saturated heterocycles. The van der Waals surface area contributed by atoms with Crippen LogP contribution in [0.3, 0.4) is 0 Å². The Kier molecular flexibility index (Phi) is 16.6. The second-order valence-electron chi connectivity index (χ2n) is 7.71. The molecule has 0 aliphatic rings. The molecule has 0 heterocycles. The molecule has 29 heavy (non-hydrogen) atoms. The molecular formula is C23H42O6. The second kappa shape index (κ2) is 17.4. The summed E-state index contributed by atoms with van der Waals surface area (Å²) in [5.74, 6) is -2.52. The highest BCUT2D eigenvalue weighted by molar-refractivity contribution is 6.09. The van der Waals surface area contributed by atoms with Crippen LogP contribution < -0.4 is 0 Å². The largest absolute Gasteiger partial charge is 0.466 e. The fourth-order valence-electron chi connectivity index (χ4n) is 3.07. The van der Waals surface area contributed by atoms with Gasteiger partial charge in [-0.3, -0.25) is 9.59 Å². The number of unbranched alkanes of at least 4 members (excludes halogenated alkanes) is 10. The van der Waals surface area contributed by atoms with Crippen LogP contribution in [0.2, 0.25) is 0 Å². The average Bonchev–Trinajstić information content (AvgIpc) is 2.71. The number of Topliss-reactive ketones (excluding diaryl/α,β-unsaturated/α-hetero) is 1. The SMILES string of the molecule is CCCCCCCCOC(=O)CC(O)(C(=O)CC)C(=O)OCCCCCCCC. The van der Waals surface area contributed by atoms with Gasteiger partial charge in [0, 0.05) is 6.42 Å². The van der Waals surface area contributed by atoms with Crippen LogP contribution in [-0.2, 0) is 23.9 Å². The molecule has 0 aromatic heterocycles.